The van der Waals surface area contributed by atoms with Crippen LogP contribution < -0.4 is 10.2 Å². The molecule has 6 heteroatoms. The molecule has 5 nitrogen and oxygen atoms in total. The number of hydrogen-bond acceptors (Lipinski definition) is 6. The van der Waals surface area contributed by atoms with Crippen molar-refractivity contribution >= 4 is 22.7 Å². The Hall–Kier alpha value is -3.17. The lowest BCUT2D eigenvalue weighted by Crippen LogP contribution is -2.01. The van der Waals surface area contributed by atoms with Crippen LogP contribution in [-0.4, -0.2) is 17.8 Å². The molecule has 3 aromatic rings. The summed E-state index contributed by atoms with van der Waals surface area (Å²) >= 11 is 1.41. The number of hydrogen-bond donors (Lipinski definition) is 1. The van der Waals surface area contributed by atoms with Gasteiger partial charge < -0.3 is 4.74 Å². The number of ether oxygens (including phenoxy) is 1. The van der Waals surface area contributed by atoms with Gasteiger partial charge in [-0.2, -0.15) is 10.4 Å². The molecule has 0 spiro atoms. The minimum Gasteiger partial charge on any atom is -0.497 e. The van der Waals surface area contributed by atoms with Crippen LogP contribution in [-0.2, 0) is 6.42 Å². The molecule has 0 aliphatic heterocycles. The van der Waals surface area contributed by atoms with Gasteiger partial charge in [-0.25, -0.2) is 4.98 Å². The van der Waals surface area contributed by atoms with Gasteiger partial charge in [-0.15, -0.1) is 11.3 Å². The lowest BCUT2D eigenvalue weighted by molar-refractivity contribution is 0.415. The molecule has 1 aromatic heterocycles. The van der Waals surface area contributed by atoms with Crippen molar-refractivity contribution < 1.29 is 4.74 Å². The van der Waals surface area contributed by atoms with Gasteiger partial charge in [0, 0.05) is 10.9 Å². The van der Waals surface area contributed by atoms with Gasteiger partial charge in [0.2, 0.25) is 0 Å². The topological polar surface area (TPSA) is 70.3 Å². The number of thiazole rings is 1. The van der Waals surface area contributed by atoms with Crippen molar-refractivity contribution in [1.82, 2.24) is 4.98 Å². The lowest BCUT2D eigenvalue weighted by atomic mass is 10.0. The average Bonchev–Trinajstić information content (AvgIpc) is 3.19. The van der Waals surface area contributed by atoms with E-state index in [1.807, 2.05) is 29.6 Å². The van der Waals surface area contributed by atoms with Crippen LogP contribution in [0.1, 0.15) is 24.4 Å². The molecule has 3 rings (SSSR count). The van der Waals surface area contributed by atoms with E-state index >= 15 is 0 Å². The number of rotatable bonds is 7. The summed E-state index contributed by atoms with van der Waals surface area (Å²) in [6.07, 6.45) is 1.06. The van der Waals surface area contributed by atoms with Crippen LogP contribution in [0.15, 0.2) is 59.0 Å². The van der Waals surface area contributed by atoms with Gasteiger partial charge >= 0.3 is 0 Å². The first kappa shape index (κ1) is 19.6. The molecule has 0 unspecified atom stereocenters. The minimum atomic E-state index is 0.253. The first-order chi connectivity index (χ1) is 13.6. The molecule has 0 amide bonds. The molecular formula is C22H22N4OS. The Labute approximate surface area is 169 Å². The number of methoxy groups -OCH3 is 1. The maximum atomic E-state index is 9.47. The molecule has 0 saturated carbocycles. The highest BCUT2D eigenvalue weighted by atomic mass is 32.1. The smallest absolute Gasteiger partial charge is 0.196 e. The molecule has 0 bridgehead atoms. The number of aromatic nitrogens is 1. The SMILES string of the molecule is COc1ccc(N/N=C(\C#N)c2nc(-c3ccc(CC(C)C)cc3)cs2)cc1. The van der Waals surface area contributed by atoms with E-state index in [2.05, 4.69) is 59.7 Å². The molecule has 0 saturated heterocycles. The number of hydrazone groups is 1. The number of nitriles is 1. The molecule has 0 atom stereocenters. The van der Waals surface area contributed by atoms with Gasteiger partial charge in [-0.3, -0.25) is 5.43 Å². The van der Waals surface area contributed by atoms with E-state index in [4.69, 9.17) is 4.74 Å². The normalized spacial score (nSPS) is 11.3. The molecule has 0 radical (unpaired) electrons. The first-order valence-corrected chi connectivity index (χ1v) is 9.90. The summed E-state index contributed by atoms with van der Waals surface area (Å²) < 4.78 is 5.13. The standard InChI is InChI=1S/C22H22N4OS/c1-15(2)12-16-4-6-17(7-5-16)21-14-28-22(24-21)20(13-23)26-25-18-8-10-19(27-3)11-9-18/h4-11,14-15,25H,12H2,1-3H3/b26-20+. The van der Waals surface area contributed by atoms with Crippen LogP contribution in [0.3, 0.4) is 0 Å². The van der Waals surface area contributed by atoms with Crippen LogP contribution in [0.5, 0.6) is 5.75 Å². The Morgan fingerprint density at radius 2 is 1.89 bits per heavy atom. The van der Waals surface area contributed by atoms with Gasteiger partial charge in [0.25, 0.3) is 0 Å². The summed E-state index contributed by atoms with van der Waals surface area (Å²) in [6, 6.07) is 17.9. The highest BCUT2D eigenvalue weighted by molar-refractivity contribution is 7.12. The summed E-state index contributed by atoms with van der Waals surface area (Å²) in [5.74, 6) is 1.39. The molecule has 0 aliphatic carbocycles. The zero-order chi connectivity index (χ0) is 19.9. The average molecular weight is 391 g/mol. The second-order valence-corrected chi connectivity index (χ2v) is 7.60. The fraction of sp³-hybridized carbons (Fsp3) is 0.227. The van der Waals surface area contributed by atoms with E-state index in [0.717, 1.165) is 29.1 Å². The summed E-state index contributed by atoms with van der Waals surface area (Å²) in [6.45, 7) is 4.42. The predicted octanol–water partition coefficient (Wildman–Crippen LogP) is 5.36. The number of anilines is 1. The number of nitrogens with zero attached hydrogens (tertiary/aromatic N) is 3. The molecule has 0 fully saturated rings. The Kier molecular flexibility index (Phi) is 6.41. The Balaban J connectivity index is 1.74. The summed E-state index contributed by atoms with van der Waals surface area (Å²) in [5, 5.41) is 16.2. The third-order valence-electron chi connectivity index (χ3n) is 4.09. The molecule has 1 N–H and O–H groups in total. The molecule has 2 aromatic carbocycles. The van der Waals surface area contributed by atoms with E-state index in [0.29, 0.717) is 10.9 Å². The second kappa shape index (κ2) is 9.16. The fourth-order valence-corrected chi connectivity index (χ4v) is 3.47. The summed E-state index contributed by atoms with van der Waals surface area (Å²) in [5.41, 5.74) is 7.12. The summed E-state index contributed by atoms with van der Waals surface area (Å²) in [4.78, 5) is 4.59. The lowest BCUT2D eigenvalue weighted by Gasteiger charge is -2.05. The largest absolute Gasteiger partial charge is 0.497 e. The highest BCUT2D eigenvalue weighted by Gasteiger charge is 2.11. The number of benzene rings is 2. The van der Waals surface area contributed by atoms with Crippen LogP contribution >= 0.6 is 11.3 Å². The van der Waals surface area contributed by atoms with E-state index in [-0.39, 0.29) is 5.71 Å². The van der Waals surface area contributed by atoms with E-state index < -0.39 is 0 Å². The summed E-state index contributed by atoms with van der Waals surface area (Å²) in [7, 11) is 1.62. The van der Waals surface area contributed by atoms with E-state index in [1.165, 1.54) is 16.9 Å². The van der Waals surface area contributed by atoms with Crippen molar-refractivity contribution in [3.05, 3.63) is 64.5 Å². The maximum Gasteiger partial charge on any atom is 0.196 e. The van der Waals surface area contributed by atoms with Gasteiger partial charge in [-0.05, 0) is 42.2 Å². The second-order valence-electron chi connectivity index (χ2n) is 6.75. The molecule has 0 aliphatic rings. The molecule has 142 valence electrons. The predicted molar refractivity (Wildman–Crippen MR) is 115 cm³/mol. The van der Waals surface area contributed by atoms with Crippen LogP contribution in [0.25, 0.3) is 11.3 Å². The monoisotopic (exact) mass is 390 g/mol. The third-order valence-corrected chi connectivity index (χ3v) is 4.94. The zero-order valence-electron chi connectivity index (χ0n) is 16.1. The molecule has 28 heavy (non-hydrogen) atoms. The molecule has 1 heterocycles. The highest BCUT2D eigenvalue weighted by Crippen LogP contribution is 2.24. The number of nitrogens with one attached hydrogen (secondary N) is 1. The van der Waals surface area contributed by atoms with Crippen molar-refractivity contribution in [3.8, 4) is 23.1 Å². The van der Waals surface area contributed by atoms with Gasteiger partial charge in [0.05, 0.1) is 18.5 Å². The van der Waals surface area contributed by atoms with Gasteiger partial charge in [0.15, 0.2) is 10.7 Å². The Morgan fingerprint density at radius 1 is 1.18 bits per heavy atom. The van der Waals surface area contributed by atoms with E-state index in [1.54, 1.807) is 7.11 Å². The Bertz CT molecular complexity index is 983. The van der Waals surface area contributed by atoms with Crippen LogP contribution in [0.4, 0.5) is 5.69 Å². The minimum absolute atomic E-state index is 0.253. The first-order valence-electron chi connectivity index (χ1n) is 9.02. The fourth-order valence-electron chi connectivity index (χ4n) is 2.70. The van der Waals surface area contributed by atoms with Crippen molar-refractivity contribution in [2.24, 2.45) is 11.0 Å². The quantitative estimate of drug-likeness (QED) is 0.436. The van der Waals surface area contributed by atoms with Gasteiger partial charge in [0.1, 0.15) is 11.8 Å². The Morgan fingerprint density at radius 3 is 2.50 bits per heavy atom. The van der Waals surface area contributed by atoms with Crippen molar-refractivity contribution in [3.63, 3.8) is 0 Å². The van der Waals surface area contributed by atoms with Crippen molar-refractivity contribution in [1.29, 1.82) is 5.26 Å². The molecular weight excluding hydrogens is 368 g/mol. The maximum absolute atomic E-state index is 9.47. The van der Waals surface area contributed by atoms with Crippen LogP contribution in [0, 0.1) is 17.2 Å². The van der Waals surface area contributed by atoms with Crippen molar-refractivity contribution in [2.45, 2.75) is 20.3 Å². The van der Waals surface area contributed by atoms with Gasteiger partial charge in [-0.1, -0.05) is 38.1 Å². The van der Waals surface area contributed by atoms with Crippen molar-refractivity contribution in [2.75, 3.05) is 12.5 Å². The third kappa shape index (κ3) is 4.96. The van der Waals surface area contributed by atoms with E-state index in [9.17, 15) is 5.26 Å². The zero-order valence-corrected chi connectivity index (χ0v) is 17.0. The van der Waals surface area contributed by atoms with Crippen LogP contribution in [0.2, 0.25) is 0 Å².